The molecule has 0 aliphatic carbocycles. The maximum atomic E-state index is 11.3. The van der Waals surface area contributed by atoms with Gasteiger partial charge in [-0.1, -0.05) is 58.0 Å². The first-order chi connectivity index (χ1) is 12.5. The van der Waals surface area contributed by atoms with Gasteiger partial charge in [0.1, 0.15) is 0 Å². The van der Waals surface area contributed by atoms with Gasteiger partial charge in [0.25, 0.3) is 0 Å². The molecule has 0 radical (unpaired) electrons. The van der Waals surface area contributed by atoms with E-state index in [1.807, 2.05) is 45.9 Å². The molecule has 1 fully saturated rings. The van der Waals surface area contributed by atoms with Crippen molar-refractivity contribution < 1.29 is 9.53 Å². The van der Waals surface area contributed by atoms with Crippen LogP contribution in [-0.2, 0) is 11.2 Å². The zero-order valence-corrected chi connectivity index (χ0v) is 17.2. The third-order valence-corrected chi connectivity index (χ3v) is 3.95. The van der Waals surface area contributed by atoms with Crippen LogP contribution in [0.25, 0.3) is 0 Å². The summed E-state index contributed by atoms with van der Waals surface area (Å²) in [5.41, 5.74) is 2.08. The highest BCUT2D eigenvalue weighted by Crippen LogP contribution is 2.08. The second kappa shape index (κ2) is 15.4. The lowest BCUT2D eigenvalue weighted by Crippen LogP contribution is -2.46. The van der Waals surface area contributed by atoms with Gasteiger partial charge in [-0.15, -0.1) is 0 Å². The normalized spacial score (nSPS) is 14.1. The third kappa shape index (κ3) is 10.9. The monoisotopic (exact) mass is 363 g/mol. The zero-order valence-electron chi connectivity index (χ0n) is 17.2. The van der Waals surface area contributed by atoms with Crippen LogP contribution in [0, 0.1) is 11.3 Å². The van der Waals surface area contributed by atoms with Crippen LogP contribution < -0.4 is 5.32 Å². The minimum Gasteiger partial charge on any atom is -0.378 e. The highest BCUT2D eigenvalue weighted by molar-refractivity contribution is 5.81. The van der Waals surface area contributed by atoms with Crippen molar-refractivity contribution >= 4 is 11.7 Å². The number of morpholine rings is 1. The lowest BCUT2D eigenvalue weighted by atomic mass is 9.98. The summed E-state index contributed by atoms with van der Waals surface area (Å²) in [7, 11) is 0. The minimum atomic E-state index is 0.0418. The average molecular weight is 364 g/mol. The second-order valence-electron chi connectivity index (χ2n) is 6.11. The molecule has 0 aromatic heterocycles. The first-order valence-corrected chi connectivity index (χ1v) is 9.74. The molecule has 26 heavy (non-hydrogen) atoms. The molecule has 2 amide bonds. The molecule has 2 N–H and O–H groups in total. The van der Waals surface area contributed by atoms with E-state index in [1.165, 1.54) is 5.56 Å². The number of hydrogen-bond acceptors (Lipinski definition) is 3. The molecule has 5 nitrogen and oxygen atoms in total. The van der Waals surface area contributed by atoms with Crippen molar-refractivity contribution in [2.45, 2.75) is 47.5 Å². The number of amides is 2. The summed E-state index contributed by atoms with van der Waals surface area (Å²) in [4.78, 5) is 13.1. The van der Waals surface area contributed by atoms with Crippen LogP contribution in [0.3, 0.4) is 0 Å². The van der Waals surface area contributed by atoms with Crippen LogP contribution in [0.1, 0.15) is 46.6 Å². The van der Waals surface area contributed by atoms with E-state index in [0.29, 0.717) is 19.1 Å². The van der Waals surface area contributed by atoms with Crippen molar-refractivity contribution in [3.8, 4) is 0 Å². The predicted molar refractivity (Wildman–Crippen MR) is 110 cm³/mol. The van der Waals surface area contributed by atoms with E-state index < -0.39 is 0 Å². The van der Waals surface area contributed by atoms with Crippen molar-refractivity contribution in [1.82, 2.24) is 10.2 Å². The van der Waals surface area contributed by atoms with E-state index in [4.69, 9.17) is 10.1 Å². The molecule has 0 spiro atoms. The van der Waals surface area contributed by atoms with Gasteiger partial charge < -0.3 is 20.4 Å². The van der Waals surface area contributed by atoms with Gasteiger partial charge in [-0.25, -0.2) is 4.79 Å². The van der Waals surface area contributed by atoms with E-state index in [0.717, 1.165) is 38.2 Å². The largest absolute Gasteiger partial charge is 0.378 e. The number of nitrogens with zero attached hydrogens (tertiary/aromatic N) is 1. The SMILES string of the molecule is CC.CC(=N)C(C)Cc1ccccc1.CCCNC(=O)N1CCOCC1. The number of rotatable bonds is 5. The first kappa shape index (κ1) is 24.1. The molecule has 1 aromatic rings. The molecule has 2 rings (SSSR count). The van der Waals surface area contributed by atoms with Crippen LogP contribution in [0.2, 0.25) is 0 Å². The minimum absolute atomic E-state index is 0.0418. The molecule has 1 heterocycles. The highest BCUT2D eigenvalue weighted by Gasteiger charge is 2.15. The summed E-state index contributed by atoms with van der Waals surface area (Å²) in [5.74, 6) is 0.368. The summed E-state index contributed by atoms with van der Waals surface area (Å²) < 4.78 is 5.13. The molecular formula is C21H37N3O2. The first-order valence-electron chi connectivity index (χ1n) is 9.74. The molecule has 1 aromatic carbocycles. The van der Waals surface area contributed by atoms with Gasteiger partial charge in [-0.2, -0.15) is 0 Å². The summed E-state index contributed by atoms with van der Waals surface area (Å²) in [6.45, 7) is 13.5. The Labute approximate surface area is 159 Å². The molecule has 1 atom stereocenters. The topological polar surface area (TPSA) is 65.4 Å². The van der Waals surface area contributed by atoms with Gasteiger partial charge in [-0.05, 0) is 31.2 Å². The number of hydrogen-bond donors (Lipinski definition) is 2. The van der Waals surface area contributed by atoms with Crippen LogP contribution in [0.4, 0.5) is 4.79 Å². The van der Waals surface area contributed by atoms with Gasteiger partial charge in [0, 0.05) is 25.3 Å². The number of urea groups is 1. The Bertz CT molecular complexity index is 485. The number of carbonyl (C=O) groups is 1. The van der Waals surface area contributed by atoms with Gasteiger partial charge >= 0.3 is 6.03 Å². The van der Waals surface area contributed by atoms with Crippen molar-refractivity contribution in [3.63, 3.8) is 0 Å². The van der Waals surface area contributed by atoms with Crippen molar-refractivity contribution in [1.29, 1.82) is 5.41 Å². The van der Waals surface area contributed by atoms with Crippen LogP contribution in [0.15, 0.2) is 30.3 Å². The second-order valence-corrected chi connectivity index (χ2v) is 6.11. The smallest absolute Gasteiger partial charge is 0.317 e. The molecule has 1 aliphatic rings. The summed E-state index contributed by atoms with van der Waals surface area (Å²) in [6.07, 6.45) is 1.96. The average Bonchev–Trinajstić information content (AvgIpc) is 2.69. The molecule has 1 unspecified atom stereocenters. The summed E-state index contributed by atoms with van der Waals surface area (Å²) in [6, 6.07) is 10.4. The van der Waals surface area contributed by atoms with Crippen LogP contribution >= 0.6 is 0 Å². The summed E-state index contributed by atoms with van der Waals surface area (Å²) in [5, 5.41) is 10.3. The number of ether oxygens (including phenoxy) is 1. The number of benzene rings is 1. The Hall–Kier alpha value is -1.88. The molecule has 148 valence electrons. The van der Waals surface area contributed by atoms with Crippen molar-refractivity contribution in [2.24, 2.45) is 5.92 Å². The zero-order chi connectivity index (χ0) is 19.8. The van der Waals surface area contributed by atoms with Crippen molar-refractivity contribution in [2.75, 3.05) is 32.8 Å². The Morgan fingerprint density at radius 1 is 1.23 bits per heavy atom. The Morgan fingerprint density at radius 3 is 2.31 bits per heavy atom. The summed E-state index contributed by atoms with van der Waals surface area (Å²) >= 11 is 0. The number of carbonyl (C=O) groups excluding carboxylic acids is 1. The van der Waals surface area contributed by atoms with Gasteiger partial charge in [0.2, 0.25) is 0 Å². The maximum Gasteiger partial charge on any atom is 0.317 e. The van der Waals surface area contributed by atoms with E-state index in [1.54, 1.807) is 4.90 Å². The highest BCUT2D eigenvalue weighted by atomic mass is 16.5. The van der Waals surface area contributed by atoms with Crippen molar-refractivity contribution in [3.05, 3.63) is 35.9 Å². The van der Waals surface area contributed by atoms with Gasteiger partial charge in [0.15, 0.2) is 0 Å². The van der Waals surface area contributed by atoms with E-state index in [9.17, 15) is 4.79 Å². The van der Waals surface area contributed by atoms with Crippen LogP contribution in [-0.4, -0.2) is 49.5 Å². The molecular weight excluding hydrogens is 326 g/mol. The fraction of sp³-hybridized carbons (Fsp3) is 0.619. The maximum absolute atomic E-state index is 11.3. The standard InChI is InChI=1S/C11H15N.C8H16N2O2.C2H6/c1-9(10(2)12)8-11-6-4-3-5-7-11;1-2-3-9-8(11)10-4-6-12-7-5-10;1-2/h3-7,9,12H,8H2,1-2H3;2-7H2,1H3,(H,9,11);1-2H3. The predicted octanol–water partition coefficient (Wildman–Crippen LogP) is 4.37. The lowest BCUT2D eigenvalue weighted by Gasteiger charge is -2.26. The van der Waals surface area contributed by atoms with Gasteiger partial charge in [-0.3, -0.25) is 0 Å². The fourth-order valence-electron chi connectivity index (χ4n) is 2.23. The molecule has 0 bridgehead atoms. The fourth-order valence-corrected chi connectivity index (χ4v) is 2.23. The Morgan fingerprint density at radius 2 is 1.81 bits per heavy atom. The van der Waals surface area contributed by atoms with Gasteiger partial charge in [0.05, 0.1) is 13.2 Å². The third-order valence-electron chi connectivity index (χ3n) is 3.95. The van der Waals surface area contributed by atoms with E-state index >= 15 is 0 Å². The molecule has 5 heteroatoms. The lowest BCUT2D eigenvalue weighted by molar-refractivity contribution is 0.0532. The quantitative estimate of drug-likeness (QED) is 0.763. The molecule has 1 aliphatic heterocycles. The molecule has 1 saturated heterocycles. The Balaban J connectivity index is 0.000000439. The van der Waals surface area contributed by atoms with E-state index in [2.05, 4.69) is 24.4 Å². The van der Waals surface area contributed by atoms with E-state index in [-0.39, 0.29) is 6.03 Å². The molecule has 0 saturated carbocycles. The number of nitrogens with one attached hydrogen (secondary N) is 2. The van der Waals surface area contributed by atoms with Crippen LogP contribution in [0.5, 0.6) is 0 Å². The Kier molecular flexibility index (Phi) is 14.3.